The molecule has 0 bridgehead atoms. The molecule has 1 aliphatic heterocycles. The van der Waals surface area contributed by atoms with E-state index in [9.17, 15) is 0 Å². The van der Waals surface area contributed by atoms with Crippen LogP contribution in [0.2, 0.25) is 38.3 Å². The quantitative estimate of drug-likeness (QED) is 0.677. The molecule has 0 aromatic rings. The molecule has 0 amide bonds. The fraction of sp³-hybridized carbons (Fsp3) is 1.00. The molecule has 0 atom stereocenters. The highest BCUT2D eigenvalue weighted by molar-refractivity contribution is 6.75. The minimum Gasteiger partial charge on any atom is -0.418 e. The average molecular weight is 260 g/mol. The molecular formula is C12H29NOSi2. The van der Waals surface area contributed by atoms with Crippen molar-refractivity contribution in [2.45, 2.75) is 58.0 Å². The summed E-state index contributed by atoms with van der Waals surface area (Å²) in [5.74, 6) is 0. The van der Waals surface area contributed by atoms with Crippen LogP contribution in [0.1, 0.15) is 19.8 Å². The van der Waals surface area contributed by atoms with Gasteiger partial charge in [-0.25, -0.2) is 0 Å². The second-order valence-corrected chi connectivity index (χ2v) is 15.3. The van der Waals surface area contributed by atoms with E-state index in [-0.39, 0.29) is 0 Å². The van der Waals surface area contributed by atoms with Gasteiger partial charge in [-0.15, -0.1) is 0 Å². The van der Waals surface area contributed by atoms with Crippen molar-refractivity contribution in [1.82, 2.24) is 4.57 Å². The number of nitrogens with zero attached hydrogens (tertiary/aromatic N) is 1. The van der Waals surface area contributed by atoms with Crippen LogP contribution in [0.4, 0.5) is 0 Å². The Balaban J connectivity index is 2.25. The van der Waals surface area contributed by atoms with Gasteiger partial charge in [-0.3, -0.25) is 0 Å². The zero-order valence-corrected chi connectivity index (χ0v) is 13.8. The van der Waals surface area contributed by atoms with Gasteiger partial charge in [-0.05, 0) is 58.0 Å². The van der Waals surface area contributed by atoms with Crippen molar-refractivity contribution < 1.29 is 4.43 Å². The normalized spacial score (nSPS) is 21.6. The molecule has 0 unspecified atom stereocenters. The van der Waals surface area contributed by atoms with Crippen LogP contribution in [0.3, 0.4) is 0 Å². The van der Waals surface area contributed by atoms with Crippen molar-refractivity contribution in [1.29, 1.82) is 0 Å². The maximum atomic E-state index is 5.88. The van der Waals surface area contributed by atoms with Gasteiger partial charge in [0, 0.05) is 6.61 Å². The number of hydrogen-bond donors (Lipinski definition) is 0. The van der Waals surface area contributed by atoms with Gasteiger partial charge in [0.2, 0.25) is 0 Å². The molecule has 1 rings (SSSR count). The van der Waals surface area contributed by atoms with Gasteiger partial charge >= 0.3 is 0 Å². The molecule has 0 aromatic carbocycles. The van der Waals surface area contributed by atoms with Crippen LogP contribution in [-0.2, 0) is 4.43 Å². The molecular weight excluding hydrogens is 230 g/mol. The highest BCUT2D eigenvalue weighted by atomic mass is 28.4. The lowest BCUT2D eigenvalue weighted by Crippen LogP contribution is -2.44. The van der Waals surface area contributed by atoms with E-state index in [1.165, 1.54) is 38.0 Å². The monoisotopic (exact) mass is 259 g/mol. The first-order valence-corrected chi connectivity index (χ1v) is 13.0. The van der Waals surface area contributed by atoms with Gasteiger partial charge in [0.05, 0.1) is 0 Å². The first-order valence-electron chi connectivity index (χ1n) is 6.76. The third kappa shape index (κ3) is 4.32. The Labute approximate surface area is 104 Å². The lowest BCUT2D eigenvalue weighted by molar-refractivity contribution is 0.326. The van der Waals surface area contributed by atoms with Gasteiger partial charge in [0.25, 0.3) is 0 Å². The lowest BCUT2D eigenvalue weighted by Gasteiger charge is -2.31. The first-order chi connectivity index (χ1) is 7.37. The highest BCUT2D eigenvalue weighted by Gasteiger charge is 2.34. The van der Waals surface area contributed by atoms with Crippen molar-refractivity contribution in [3.63, 3.8) is 0 Å². The van der Waals surface area contributed by atoms with Crippen molar-refractivity contribution in [2.24, 2.45) is 0 Å². The summed E-state index contributed by atoms with van der Waals surface area (Å²) in [6.07, 6.45) is 2.78. The summed E-state index contributed by atoms with van der Waals surface area (Å²) in [5.41, 5.74) is 0. The predicted octanol–water partition coefficient (Wildman–Crippen LogP) is 3.53. The van der Waals surface area contributed by atoms with Gasteiger partial charge in [-0.1, -0.05) is 13.1 Å². The number of rotatable bonds is 6. The Morgan fingerprint density at radius 3 is 2.50 bits per heavy atom. The van der Waals surface area contributed by atoms with Crippen molar-refractivity contribution in [2.75, 3.05) is 19.7 Å². The molecule has 1 aliphatic rings. The van der Waals surface area contributed by atoms with Crippen LogP contribution in [0, 0.1) is 0 Å². The van der Waals surface area contributed by atoms with Crippen LogP contribution in [0.5, 0.6) is 0 Å². The Morgan fingerprint density at radius 1 is 1.31 bits per heavy atom. The summed E-state index contributed by atoms with van der Waals surface area (Å²) in [6, 6.07) is 2.82. The molecule has 0 spiro atoms. The molecule has 1 saturated heterocycles. The highest BCUT2D eigenvalue weighted by Crippen LogP contribution is 2.26. The molecule has 0 N–H and O–H groups in total. The fourth-order valence-corrected chi connectivity index (χ4v) is 7.54. The van der Waals surface area contributed by atoms with E-state index in [1.807, 2.05) is 0 Å². The van der Waals surface area contributed by atoms with Crippen molar-refractivity contribution >= 4 is 16.6 Å². The summed E-state index contributed by atoms with van der Waals surface area (Å²) < 4.78 is 8.67. The topological polar surface area (TPSA) is 12.5 Å². The molecule has 0 saturated carbocycles. The van der Waals surface area contributed by atoms with E-state index in [4.69, 9.17) is 4.43 Å². The number of hydrogen-bond acceptors (Lipinski definition) is 2. The lowest BCUT2D eigenvalue weighted by atomic mass is 10.4. The van der Waals surface area contributed by atoms with Crippen molar-refractivity contribution in [3.05, 3.63) is 0 Å². The molecule has 1 heterocycles. The molecule has 0 aromatic heterocycles. The SMILES string of the molecule is CCO[Si](C)(C)CCCN1CCC[Si]1(C)C. The Bertz CT molecular complexity index is 219. The minimum atomic E-state index is -1.33. The molecule has 16 heavy (non-hydrogen) atoms. The van der Waals surface area contributed by atoms with Gasteiger partial charge in [0.15, 0.2) is 8.32 Å². The average Bonchev–Trinajstić information content (AvgIpc) is 2.45. The second kappa shape index (κ2) is 5.80. The molecule has 4 heteroatoms. The van der Waals surface area contributed by atoms with Crippen LogP contribution < -0.4 is 0 Å². The van der Waals surface area contributed by atoms with Gasteiger partial charge in [-0.2, -0.15) is 0 Å². The molecule has 0 radical (unpaired) electrons. The van der Waals surface area contributed by atoms with E-state index >= 15 is 0 Å². The van der Waals surface area contributed by atoms with E-state index < -0.39 is 16.6 Å². The smallest absolute Gasteiger partial charge is 0.186 e. The van der Waals surface area contributed by atoms with Crippen LogP contribution in [-0.4, -0.2) is 40.8 Å². The first kappa shape index (κ1) is 14.4. The molecule has 1 fully saturated rings. The summed E-state index contributed by atoms with van der Waals surface area (Å²) in [5, 5.41) is 0. The molecule has 2 nitrogen and oxygen atoms in total. The Kier molecular flexibility index (Phi) is 5.23. The van der Waals surface area contributed by atoms with E-state index in [1.54, 1.807) is 0 Å². The maximum absolute atomic E-state index is 5.88. The third-order valence-corrected chi connectivity index (χ3v) is 10.2. The summed E-state index contributed by atoms with van der Waals surface area (Å²) >= 11 is 0. The minimum absolute atomic E-state index is 0.892. The largest absolute Gasteiger partial charge is 0.418 e. The molecule has 96 valence electrons. The van der Waals surface area contributed by atoms with Crippen LogP contribution in [0.25, 0.3) is 0 Å². The van der Waals surface area contributed by atoms with E-state index in [0.29, 0.717) is 0 Å². The van der Waals surface area contributed by atoms with E-state index in [0.717, 1.165) is 6.61 Å². The maximum Gasteiger partial charge on any atom is 0.186 e. The molecule has 0 aliphatic carbocycles. The summed E-state index contributed by atoms with van der Waals surface area (Å²) in [7, 11) is -2.31. The van der Waals surface area contributed by atoms with Crippen LogP contribution in [0.15, 0.2) is 0 Å². The standard InChI is InChI=1S/C12H29NOSi2/c1-6-14-16(4,5)12-8-10-13-9-7-11-15(13,2)3/h6-12H2,1-5H3. The van der Waals surface area contributed by atoms with Crippen molar-refractivity contribution in [3.8, 4) is 0 Å². The van der Waals surface area contributed by atoms with Crippen LogP contribution >= 0.6 is 0 Å². The fourth-order valence-electron chi connectivity index (χ4n) is 2.74. The zero-order chi connectivity index (χ0) is 12.2. The summed E-state index contributed by atoms with van der Waals surface area (Å²) in [4.78, 5) is 0. The second-order valence-electron chi connectivity index (χ2n) is 6.20. The summed E-state index contributed by atoms with van der Waals surface area (Å²) in [6.45, 7) is 15.4. The Morgan fingerprint density at radius 2 is 2.00 bits per heavy atom. The van der Waals surface area contributed by atoms with E-state index in [2.05, 4.69) is 37.7 Å². The third-order valence-electron chi connectivity index (χ3n) is 3.81. The van der Waals surface area contributed by atoms with Gasteiger partial charge < -0.3 is 8.99 Å². The van der Waals surface area contributed by atoms with Gasteiger partial charge in [0.1, 0.15) is 8.24 Å². The predicted molar refractivity (Wildman–Crippen MR) is 77.0 cm³/mol. The zero-order valence-electron chi connectivity index (χ0n) is 11.8. The Hall–Kier alpha value is 0.354.